The molecule has 0 fully saturated rings. The van der Waals surface area contributed by atoms with Crippen molar-refractivity contribution in [3.63, 3.8) is 0 Å². The Hall–Kier alpha value is -1.61. The normalized spacial score (nSPS) is 18.4. The molecule has 0 aliphatic carbocycles. The van der Waals surface area contributed by atoms with Gasteiger partial charge in [-0.3, -0.25) is 0 Å². The van der Waals surface area contributed by atoms with Crippen molar-refractivity contribution in [3.8, 4) is 0 Å². The van der Waals surface area contributed by atoms with E-state index in [4.69, 9.17) is 4.99 Å². The van der Waals surface area contributed by atoms with E-state index in [-0.39, 0.29) is 0 Å². The highest BCUT2D eigenvalue weighted by molar-refractivity contribution is 7.10. The van der Waals surface area contributed by atoms with Gasteiger partial charge in [0.05, 0.1) is 11.7 Å². The average molecular weight is 284 g/mol. The van der Waals surface area contributed by atoms with Gasteiger partial charge in [0.15, 0.2) is 0 Å². The molecule has 0 N–H and O–H groups in total. The van der Waals surface area contributed by atoms with Crippen LogP contribution in [0.25, 0.3) is 0 Å². The van der Waals surface area contributed by atoms with E-state index < -0.39 is 0 Å². The Morgan fingerprint density at radius 2 is 2.10 bits per heavy atom. The topological polar surface area (TPSA) is 15.6 Å². The standard InChI is InChI=1S/C17H20N2S/c1-4-16-18-14-8-6-5-7-13(14)11-15(19(16)3)17-12(2)9-10-20-17/h5-10,15H,4,11H2,1-3H3. The number of rotatable bonds is 2. The summed E-state index contributed by atoms with van der Waals surface area (Å²) in [6.45, 7) is 4.39. The smallest absolute Gasteiger partial charge is 0.105 e. The first-order valence-corrected chi connectivity index (χ1v) is 8.01. The largest absolute Gasteiger partial charge is 0.355 e. The van der Waals surface area contributed by atoms with Gasteiger partial charge in [-0.15, -0.1) is 11.3 Å². The molecule has 1 unspecified atom stereocenters. The average Bonchev–Trinajstić information content (AvgIpc) is 2.82. The molecule has 0 amide bonds. The van der Waals surface area contributed by atoms with Crippen molar-refractivity contribution in [3.05, 3.63) is 51.7 Å². The molecular weight excluding hydrogens is 264 g/mol. The summed E-state index contributed by atoms with van der Waals surface area (Å²) in [5.41, 5.74) is 3.87. The maximum atomic E-state index is 4.88. The fourth-order valence-corrected chi connectivity index (χ4v) is 3.93. The van der Waals surface area contributed by atoms with E-state index in [1.165, 1.54) is 21.8 Å². The maximum absolute atomic E-state index is 4.88. The molecule has 3 heteroatoms. The minimum Gasteiger partial charge on any atom is -0.355 e. The quantitative estimate of drug-likeness (QED) is 0.778. The summed E-state index contributed by atoms with van der Waals surface area (Å²) in [5, 5.41) is 2.19. The number of benzene rings is 1. The Kier molecular flexibility index (Phi) is 3.62. The van der Waals surface area contributed by atoms with E-state index in [9.17, 15) is 0 Å². The van der Waals surface area contributed by atoms with E-state index in [2.05, 4.69) is 61.5 Å². The van der Waals surface area contributed by atoms with Gasteiger partial charge in [-0.1, -0.05) is 25.1 Å². The van der Waals surface area contributed by atoms with Gasteiger partial charge in [-0.25, -0.2) is 4.99 Å². The molecule has 20 heavy (non-hydrogen) atoms. The van der Waals surface area contributed by atoms with E-state index in [1.807, 2.05) is 11.3 Å². The number of fused-ring (bicyclic) bond motifs is 1. The molecule has 0 radical (unpaired) electrons. The van der Waals surface area contributed by atoms with Crippen molar-refractivity contribution in [2.45, 2.75) is 32.7 Å². The van der Waals surface area contributed by atoms with Crippen LogP contribution in [0.15, 0.2) is 40.7 Å². The van der Waals surface area contributed by atoms with E-state index in [1.54, 1.807) is 0 Å². The minimum atomic E-state index is 0.400. The third-order valence-corrected chi connectivity index (χ3v) is 5.17. The number of hydrogen-bond donors (Lipinski definition) is 0. The summed E-state index contributed by atoms with van der Waals surface area (Å²) in [5.74, 6) is 1.17. The molecule has 0 bridgehead atoms. The summed E-state index contributed by atoms with van der Waals surface area (Å²) in [6.07, 6.45) is 1.99. The lowest BCUT2D eigenvalue weighted by molar-refractivity contribution is 0.374. The van der Waals surface area contributed by atoms with Crippen LogP contribution >= 0.6 is 11.3 Å². The summed E-state index contributed by atoms with van der Waals surface area (Å²) < 4.78 is 0. The third kappa shape index (κ3) is 2.27. The van der Waals surface area contributed by atoms with Gasteiger partial charge in [0, 0.05) is 18.3 Å². The molecule has 2 aromatic rings. The molecule has 0 saturated carbocycles. The van der Waals surface area contributed by atoms with Crippen LogP contribution in [0.5, 0.6) is 0 Å². The lowest BCUT2D eigenvalue weighted by atomic mass is 10.0. The summed E-state index contributed by atoms with van der Waals surface area (Å²) >= 11 is 1.86. The number of aliphatic imine (C=N–C) groups is 1. The molecule has 104 valence electrons. The zero-order valence-electron chi connectivity index (χ0n) is 12.3. The highest BCUT2D eigenvalue weighted by Gasteiger charge is 2.26. The van der Waals surface area contributed by atoms with Crippen molar-refractivity contribution < 1.29 is 0 Å². The first-order chi connectivity index (χ1) is 9.70. The summed E-state index contributed by atoms with van der Waals surface area (Å²) in [7, 11) is 2.18. The zero-order valence-corrected chi connectivity index (χ0v) is 13.1. The highest BCUT2D eigenvalue weighted by atomic mass is 32.1. The lowest BCUT2D eigenvalue weighted by Crippen LogP contribution is -2.30. The second-order valence-electron chi connectivity index (χ2n) is 5.31. The van der Waals surface area contributed by atoms with Gasteiger partial charge in [0.2, 0.25) is 0 Å². The first kappa shape index (κ1) is 13.4. The highest BCUT2D eigenvalue weighted by Crippen LogP contribution is 2.36. The number of nitrogens with zero attached hydrogens (tertiary/aromatic N) is 2. The number of amidine groups is 1. The monoisotopic (exact) mass is 284 g/mol. The van der Waals surface area contributed by atoms with Crippen LogP contribution in [0.2, 0.25) is 0 Å². The second-order valence-corrected chi connectivity index (χ2v) is 6.26. The van der Waals surface area contributed by atoms with Gasteiger partial charge >= 0.3 is 0 Å². The fraction of sp³-hybridized carbons (Fsp3) is 0.353. The van der Waals surface area contributed by atoms with Gasteiger partial charge in [-0.2, -0.15) is 0 Å². The molecule has 1 atom stereocenters. The number of thiophene rings is 1. The molecule has 0 saturated heterocycles. The summed E-state index contributed by atoms with van der Waals surface area (Å²) in [6, 6.07) is 11.1. The van der Waals surface area contributed by atoms with Crippen LogP contribution < -0.4 is 0 Å². The fourth-order valence-electron chi connectivity index (χ4n) is 2.86. The first-order valence-electron chi connectivity index (χ1n) is 7.13. The number of hydrogen-bond acceptors (Lipinski definition) is 3. The van der Waals surface area contributed by atoms with Crippen LogP contribution in [-0.2, 0) is 6.42 Å². The number of para-hydroxylation sites is 1. The number of likely N-dealkylation sites (N-methyl/N-ethyl adjacent to an activating group) is 1. The summed E-state index contributed by atoms with van der Waals surface area (Å²) in [4.78, 5) is 8.70. The minimum absolute atomic E-state index is 0.400. The number of aryl methyl sites for hydroxylation is 1. The van der Waals surface area contributed by atoms with Gasteiger partial charge in [0.25, 0.3) is 0 Å². The molecule has 1 aromatic heterocycles. The van der Waals surface area contributed by atoms with Crippen molar-refractivity contribution in [1.82, 2.24) is 4.90 Å². The molecule has 2 nitrogen and oxygen atoms in total. The molecule has 0 spiro atoms. The van der Waals surface area contributed by atoms with Crippen LogP contribution in [0.3, 0.4) is 0 Å². The molecule has 3 rings (SSSR count). The molecule has 2 heterocycles. The van der Waals surface area contributed by atoms with Crippen LogP contribution in [0.1, 0.15) is 35.4 Å². The molecular formula is C17H20N2S. The predicted octanol–water partition coefficient (Wildman–Crippen LogP) is 4.73. The lowest BCUT2D eigenvalue weighted by Gasteiger charge is -2.29. The van der Waals surface area contributed by atoms with Gasteiger partial charge < -0.3 is 4.90 Å². The van der Waals surface area contributed by atoms with Crippen LogP contribution in [-0.4, -0.2) is 17.8 Å². The molecule has 1 aromatic carbocycles. The maximum Gasteiger partial charge on any atom is 0.105 e. The van der Waals surface area contributed by atoms with Crippen molar-refractivity contribution in [2.75, 3.05) is 7.05 Å². The van der Waals surface area contributed by atoms with Crippen LogP contribution in [0.4, 0.5) is 5.69 Å². The van der Waals surface area contributed by atoms with Crippen molar-refractivity contribution >= 4 is 22.9 Å². The Morgan fingerprint density at radius 1 is 1.30 bits per heavy atom. The van der Waals surface area contributed by atoms with E-state index in [0.29, 0.717) is 6.04 Å². The van der Waals surface area contributed by atoms with Gasteiger partial charge in [0.1, 0.15) is 5.84 Å². The Morgan fingerprint density at radius 3 is 2.80 bits per heavy atom. The van der Waals surface area contributed by atoms with Gasteiger partial charge in [-0.05, 0) is 42.0 Å². The zero-order chi connectivity index (χ0) is 14.1. The molecule has 1 aliphatic heterocycles. The van der Waals surface area contributed by atoms with E-state index >= 15 is 0 Å². The SMILES string of the molecule is CCC1=Nc2ccccc2CC(c2sccc2C)N1C. The van der Waals surface area contributed by atoms with Crippen molar-refractivity contribution in [1.29, 1.82) is 0 Å². The van der Waals surface area contributed by atoms with Crippen LogP contribution in [0, 0.1) is 6.92 Å². The Labute approximate surface area is 124 Å². The van der Waals surface area contributed by atoms with Crippen molar-refractivity contribution in [2.24, 2.45) is 4.99 Å². The third-order valence-electron chi connectivity index (χ3n) is 4.05. The Bertz CT molecular complexity index is 642. The molecule has 1 aliphatic rings. The second kappa shape index (κ2) is 5.41. The Balaban J connectivity index is 2.10. The van der Waals surface area contributed by atoms with E-state index in [0.717, 1.165) is 18.5 Å². The predicted molar refractivity (Wildman–Crippen MR) is 87.1 cm³/mol.